The van der Waals surface area contributed by atoms with Crippen molar-refractivity contribution in [1.29, 1.82) is 0 Å². The molecule has 1 amide bonds. The molecule has 1 aliphatic heterocycles. The van der Waals surface area contributed by atoms with E-state index in [0.717, 1.165) is 4.48 Å². The predicted octanol–water partition coefficient (Wildman–Crippen LogP) is 1.28. The first-order chi connectivity index (χ1) is 6.20. The summed E-state index contributed by atoms with van der Waals surface area (Å²) in [6, 6.07) is -0.432. The number of fused-ring (bicyclic) bond motifs is 1. The summed E-state index contributed by atoms with van der Waals surface area (Å²) < 4.78 is 13.9. The number of hydrogen-bond donors (Lipinski definition) is 1. The van der Waals surface area contributed by atoms with E-state index in [2.05, 4.69) is 26.2 Å². The summed E-state index contributed by atoms with van der Waals surface area (Å²) in [6.45, 7) is 0. The van der Waals surface area contributed by atoms with Crippen LogP contribution in [0.15, 0.2) is 27.5 Å². The number of nitrogens with one attached hydrogen (secondary N) is 1. The number of hydrogen-bond acceptors (Lipinski definition) is 2. The first kappa shape index (κ1) is 8.62. The van der Waals surface area contributed by atoms with Crippen LogP contribution in [0.4, 0.5) is 4.39 Å². The average molecular weight is 245 g/mol. The highest BCUT2D eigenvalue weighted by Gasteiger charge is 2.37. The average Bonchev–Trinajstić information content (AvgIpc) is 2.12. The monoisotopic (exact) mass is 244 g/mol. The van der Waals surface area contributed by atoms with Gasteiger partial charge in [0.15, 0.2) is 0 Å². The van der Waals surface area contributed by atoms with Crippen molar-refractivity contribution >= 4 is 28.2 Å². The van der Waals surface area contributed by atoms with Crippen molar-refractivity contribution in [3.63, 3.8) is 0 Å². The van der Waals surface area contributed by atoms with Gasteiger partial charge in [0, 0.05) is 4.48 Å². The molecule has 1 heterocycles. The first-order valence-corrected chi connectivity index (χ1v) is 4.54. The fourth-order valence-corrected chi connectivity index (χ4v) is 1.88. The van der Waals surface area contributed by atoms with Crippen molar-refractivity contribution < 1.29 is 9.18 Å². The molecular formula is C8H6BrFN2O. The van der Waals surface area contributed by atoms with Gasteiger partial charge in [-0.1, -0.05) is 15.9 Å². The summed E-state index contributed by atoms with van der Waals surface area (Å²) in [7, 11) is 0. The standard InChI is InChI=1S/C8H6BrFN2O/c9-4-1-2-5(10)6-7(4)11-3-12-8(6)13/h1-3,6-7H,(H,11,12,13). The summed E-state index contributed by atoms with van der Waals surface area (Å²) in [5.41, 5.74) is 0. The number of rotatable bonds is 0. The number of halogens is 2. The van der Waals surface area contributed by atoms with Gasteiger partial charge in [-0.05, 0) is 12.2 Å². The number of aliphatic imine (C=N–C) groups is 1. The van der Waals surface area contributed by atoms with Crippen LogP contribution < -0.4 is 5.32 Å². The van der Waals surface area contributed by atoms with Crippen molar-refractivity contribution in [3.8, 4) is 0 Å². The molecule has 0 aromatic carbocycles. The molecule has 0 aromatic rings. The quantitative estimate of drug-likeness (QED) is 0.686. The molecule has 0 saturated carbocycles. The van der Waals surface area contributed by atoms with E-state index in [9.17, 15) is 9.18 Å². The van der Waals surface area contributed by atoms with Gasteiger partial charge >= 0.3 is 0 Å². The lowest BCUT2D eigenvalue weighted by Gasteiger charge is -2.26. The second-order valence-electron chi connectivity index (χ2n) is 2.81. The summed E-state index contributed by atoms with van der Waals surface area (Å²) in [6.07, 6.45) is 4.16. The van der Waals surface area contributed by atoms with E-state index in [0.29, 0.717) is 0 Å². The van der Waals surface area contributed by atoms with Crippen LogP contribution in [0.3, 0.4) is 0 Å². The highest BCUT2D eigenvalue weighted by atomic mass is 79.9. The molecule has 0 spiro atoms. The maximum Gasteiger partial charge on any atom is 0.237 e. The fourth-order valence-electron chi connectivity index (χ4n) is 1.37. The molecule has 13 heavy (non-hydrogen) atoms. The normalized spacial score (nSPS) is 31.7. The van der Waals surface area contributed by atoms with Gasteiger partial charge < -0.3 is 5.32 Å². The maximum absolute atomic E-state index is 13.2. The van der Waals surface area contributed by atoms with E-state index in [-0.39, 0.29) is 5.91 Å². The lowest BCUT2D eigenvalue weighted by molar-refractivity contribution is -0.123. The van der Waals surface area contributed by atoms with Crippen molar-refractivity contribution in [1.82, 2.24) is 5.32 Å². The van der Waals surface area contributed by atoms with Crippen LogP contribution in [0, 0.1) is 5.92 Å². The van der Waals surface area contributed by atoms with Crippen molar-refractivity contribution in [2.24, 2.45) is 10.9 Å². The third-order valence-electron chi connectivity index (χ3n) is 2.02. The second kappa shape index (κ2) is 3.06. The minimum Gasteiger partial charge on any atom is -0.316 e. The predicted molar refractivity (Wildman–Crippen MR) is 50.1 cm³/mol. The Morgan fingerprint density at radius 3 is 3.00 bits per heavy atom. The molecule has 2 rings (SSSR count). The molecule has 0 radical (unpaired) electrons. The van der Waals surface area contributed by atoms with E-state index in [4.69, 9.17) is 0 Å². The van der Waals surface area contributed by atoms with Gasteiger partial charge in [-0.15, -0.1) is 0 Å². The summed E-state index contributed by atoms with van der Waals surface area (Å²) in [4.78, 5) is 15.2. The molecule has 2 atom stereocenters. The number of allylic oxidation sites excluding steroid dienone is 2. The lowest BCUT2D eigenvalue weighted by atomic mass is 9.92. The zero-order valence-corrected chi connectivity index (χ0v) is 8.08. The smallest absolute Gasteiger partial charge is 0.237 e. The van der Waals surface area contributed by atoms with Gasteiger partial charge in [-0.3, -0.25) is 9.79 Å². The van der Waals surface area contributed by atoms with Crippen molar-refractivity contribution in [2.75, 3.05) is 0 Å². The topological polar surface area (TPSA) is 41.5 Å². The fraction of sp³-hybridized carbons (Fsp3) is 0.250. The molecule has 2 unspecified atom stereocenters. The van der Waals surface area contributed by atoms with Crippen LogP contribution in [0.5, 0.6) is 0 Å². The van der Waals surface area contributed by atoms with Gasteiger partial charge in [0.05, 0.1) is 6.34 Å². The number of nitrogens with zero attached hydrogens (tertiary/aromatic N) is 1. The maximum atomic E-state index is 13.2. The Bertz CT molecular complexity index is 348. The molecule has 3 nitrogen and oxygen atoms in total. The zero-order valence-electron chi connectivity index (χ0n) is 6.50. The Morgan fingerprint density at radius 2 is 2.31 bits per heavy atom. The van der Waals surface area contributed by atoms with E-state index >= 15 is 0 Å². The van der Waals surface area contributed by atoms with Crippen LogP contribution in [0.25, 0.3) is 0 Å². The lowest BCUT2D eigenvalue weighted by Crippen LogP contribution is -2.42. The van der Waals surface area contributed by atoms with Crippen LogP contribution in [0.1, 0.15) is 0 Å². The van der Waals surface area contributed by atoms with E-state index in [1.54, 1.807) is 6.08 Å². The Hall–Kier alpha value is -0.970. The van der Waals surface area contributed by atoms with E-state index in [1.807, 2.05) is 0 Å². The SMILES string of the molecule is O=C1NC=NC2C(Br)=CC=C(F)C12. The zero-order chi connectivity index (χ0) is 9.42. The summed E-state index contributed by atoms with van der Waals surface area (Å²) in [5, 5.41) is 2.37. The highest BCUT2D eigenvalue weighted by Crippen LogP contribution is 2.33. The van der Waals surface area contributed by atoms with Gasteiger partial charge in [0.2, 0.25) is 5.91 Å². The minimum atomic E-state index is -0.802. The van der Waals surface area contributed by atoms with Crippen LogP contribution in [0.2, 0.25) is 0 Å². The van der Waals surface area contributed by atoms with Gasteiger partial charge in [-0.2, -0.15) is 0 Å². The van der Waals surface area contributed by atoms with Gasteiger partial charge in [0.25, 0.3) is 0 Å². The van der Waals surface area contributed by atoms with Crippen LogP contribution in [-0.2, 0) is 4.79 Å². The molecule has 1 aliphatic carbocycles. The number of amides is 1. The first-order valence-electron chi connectivity index (χ1n) is 3.75. The highest BCUT2D eigenvalue weighted by molar-refractivity contribution is 9.11. The Labute approximate surface area is 82.5 Å². The Balaban J connectivity index is 2.43. The third kappa shape index (κ3) is 1.33. The molecule has 1 N–H and O–H groups in total. The van der Waals surface area contributed by atoms with Crippen molar-refractivity contribution in [3.05, 3.63) is 22.5 Å². The number of carbonyl (C=O) groups excluding carboxylic acids is 1. The Morgan fingerprint density at radius 1 is 1.54 bits per heavy atom. The van der Waals surface area contributed by atoms with Crippen LogP contribution in [-0.4, -0.2) is 18.3 Å². The van der Waals surface area contributed by atoms with Crippen molar-refractivity contribution in [2.45, 2.75) is 6.04 Å². The van der Waals surface area contributed by atoms with Gasteiger partial charge in [0.1, 0.15) is 17.8 Å². The summed E-state index contributed by atoms with van der Waals surface area (Å²) >= 11 is 3.24. The third-order valence-corrected chi connectivity index (χ3v) is 2.75. The molecule has 0 fully saturated rings. The van der Waals surface area contributed by atoms with Crippen LogP contribution >= 0.6 is 15.9 Å². The number of carbonyl (C=O) groups is 1. The van der Waals surface area contributed by atoms with Gasteiger partial charge in [-0.25, -0.2) is 4.39 Å². The summed E-state index contributed by atoms with van der Waals surface area (Å²) in [5.74, 6) is -1.59. The second-order valence-corrected chi connectivity index (χ2v) is 3.73. The molecule has 2 aliphatic rings. The van der Waals surface area contributed by atoms with E-state index in [1.165, 1.54) is 12.4 Å². The molecule has 68 valence electrons. The van der Waals surface area contributed by atoms with E-state index < -0.39 is 17.8 Å². The molecule has 5 heteroatoms. The molecule has 0 aromatic heterocycles. The minimum absolute atomic E-state index is 0.348. The molecule has 0 bridgehead atoms. The largest absolute Gasteiger partial charge is 0.316 e. The molecule has 0 saturated heterocycles. The molecular weight excluding hydrogens is 239 g/mol. The Kier molecular flexibility index (Phi) is 2.03.